The summed E-state index contributed by atoms with van der Waals surface area (Å²) in [6.07, 6.45) is 2.24. The van der Waals surface area contributed by atoms with Crippen LogP contribution < -0.4 is 11.5 Å². The quantitative estimate of drug-likeness (QED) is 0.666. The molecule has 0 aliphatic carbocycles. The maximum atomic E-state index is 9.15. The van der Waals surface area contributed by atoms with Crippen LogP contribution in [-0.2, 0) is 6.54 Å². The molecule has 94 valence electrons. The first-order valence-corrected chi connectivity index (χ1v) is 6.15. The van der Waals surface area contributed by atoms with Crippen LogP contribution in [0.25, 0.3) is 0 Å². The van der Waals surface area contributed by atoms with Crippen LogP contribution in [0.2, 0.25) is 0 Å². The zero-order valence-electron chi connectivity index (χ0n) is 10.0. The minimum Gasteiger partial charge on any atom is -0.399 e. The Balaban J connectivity index is 2.00. The Hall–Kier alpha value is -1.10. The lowest BCUT2D eigenvalue weighted by molar-refractivity contribution is 0.164. The number of anilines is 1. The average molecular weight is 235 g/mol. The highest BCUT2D eigenvalue weighted by Crippen LogP contribution is 2.22. The third kappa shape index (κ3) is 2.97. The molecule has 1 aliphatic heterocycles. The van der Waals surface area contributed by atoms with Gasteiger partial charge < -0.3 is 16.6 Å². The third-order valence-electron chi connectivity index (χ3n) is 3.48. The number of hydrogen-bond donors (Lipinski definition) is 3. The molecule has 2 atom stereocenters. The topological polar surface area (TPSA) is 75.5 Å². The van der Waals surface area contributed by atoms with E-state index in [0.717, 1.165) is 31.6 Å². The zero-order valence-corrected chi connectivity index (χ0v) is 10.0. The predicted octanol–water partition coefficient (Wildman–Crippen LogP) is 0.553. The van der Waals surface area contributed by atoms with E-state index < -0.39 is 0 Å². The van der Waals surface area contributed by atoms with Crippen LogP contribution in [0, 0.1) is 0 Å². The van der Waals surface area contributed by atoms with Crippen LogP contribution in [0.15, 0.2) is 24.3 Å². The van der Waals surface area contributed by atoms with Crippen molar-refractivity contribution in [2.45, 2.75) is 31.5 Å². The maximum absolute atomic E-state index is 9.15. The number of aliphatic hydroxyl groups is 1. The molecule has 0 bridgehead atoms. The van der Waals surface area contributed by atoms with E-state index in [1.54, 1.807) is 0 Å². The van der Waals surface area contributed by atoms with Crippen LogP contribution in [-0.4, -0.2) is 35.2 Å². The minimum atomic E-state index is -0.133. The van der Waals surface area contributed by atoms with Gasteiger partial charge in [-0.3, -0.25) is 4.90 Å². The van der Waals surface area contributed by atoms with Gasteiger partial charge in [-0.25, -0.2) is 0 Å². The molecule has 0 spiro atoms. The van der Waals surface area contributed by atoms with E-state index in [1.807, 2.05) is 12.1 Å². The fourth-order valence-corrected chi connectivity index (χ4v) is 2.51. The Morgan fingerprint density at radius 2 is 2.06 bits per heavy atom. The van der Waals surface area contributed by atoms with E-state index in [-0.39, 0.29) is 12.6 Å². The fourth-order valence-electron chi connectivity index (χ4n) is 2.51. The van der Waals surface area contributed by atoms with Crippen molar-refractivity contribution in [2.75, 3.05) is 18.9 Å². The lowest BCUT2D eigenvalue weighted by Gasteiger charge is -2.28. The molecule has 2 unspecified atom stereocenters. The number of nitrogen functional groups attached to an aromatic ring is 1. The lowest BCUT2D eigenvalue weighted by atomic mass is 10.1. The van der Waals surface area contributed by atoms with Gasteiger partial charge in [-0.15, -0.1) is 0 Å². The number of likely N-dealkylation sites (tertiary alicyclic amines) is 1. The number of nitrogens with zero attached hydrogens (tertiary/aromatic N) is 1. The smallest absolute Gasteiger partial charge is 0.0597 e. The van der Waals surface area contributed by atoms with E-state index in [0.29, 0.717) is 6.04 Å². The second-order valence-electron chi connectivity index (χ2n) is 4.77. The fraction of sp³-hybridized carbons (Fsp3) is 0.538. The van der Waals surface area contributed by atoms with Gasteiger partial charge in [0.1, 0.15) is 0 Å². The van der Waals surface area contributed by atoms with Crippen molar-refractivity contribution in [1.29, 1.82) is 0 Å². The molecule has 0 aromatic heterocycles. The van der Waals surface area contributed by atoms with E-state index in [9.17, 15) is 0 Å². The molecule has 0 radical (unpaired) electrons. The number of benzene rings is 1. The van der Waals surface area contributed by atoms with Gasteiger partial charge >= 0.3 is 0 Å². The molecule has 1 aromatic carbocycles. The molecule has 2 rings (SSSR count). The molecule has 1 saturated heterocycles. The monoisotopic (exact) mass is 235 g/mol. The molecule has 17 heavy (non-hydrogen) atoms. The van der Waals surface area contributed by atoms with Gasteiger partial charge in [-0.05, 0) is 37.1 Å². The van der Waals surface area contributed by atoms with Crippen molar-refractivity contribution < 1.29 is 5.11 Å². The number of rotatable bonds is 4. The van der Waals surface area contributed by atoms with Crippen LogP contribution in [0.5, 0.6) is 0 Å². The highest BCUT2D eigenvalue weighted by molar-refractivity contribution is 5.39. The summed E-state index contributed by atoms with van der Waals surface area (Å²) in [7, 11) is 0. The Bertz CT molecular complexity index is 352. The van der Waals surface area contributed by atoms with Crippen molar-refractivity contribution in [3.63, 3.8) is 0 Å². The molecule has 4 heteroatoms. The van der Waals surface area contributed by atoms with Crippen LogP contribution >= 0.6 is 0 Å². The van der Waals surface area contributed by atoms with Crippen LogP contribution in [0.3, 0.4) is 0 Å². The standard InChI is InChI=1S/C13H21N3O/c14-11-5-3-10(4-6-11)8-16-7-1-2-13(16)12(15)9-17/h3-6,12-13,17H,1-2,7-9,14-15H2. The van der Waals surface area contributed by atoms with E-state index in [4.69, 9.17) is 16.6 Å². The highest BCUT2D eigenvalue weighted by Gasteiger charge is 2.28. The summed E-state index contributed by atoms with van der Waals surface area (Å²) in [6, 6.07) is 8.12. The first-order valence-electron chi connectivity index (χ1n) is 6.15. The zero-order chi connectivity index (χ0) is 12.3. The first kappa shape index (κ1) is 12.4. The van der Waals surface area contributed by atoms with Gasteiger partial charge in [0.25, 0.3) is 0 Å². The number of aliphatic hydroxyl groups excluding tert-OH is 1. The Kier molecular flexibility index (Phi) is 3.99. The van der Waals surface area contributed by atoms with Crippen molar-refractivity contribution in [2.24, 2.45) is 5.73 Å². The normalized spacial score (nSPS) is 22.8. The molecule has 4 nitrogen and oxygen atoms in total. The molecular formula is C13H21N3O. The van der Waals surface area contributed by atoms with Gasteiger partial charge in [0.05, 0.1) is 6.61 Å². The Labute approximate surface area is 102 Å². The third-order valence-corrected chi connectivity index (χ3v) is 3.48. The van der Waals surface area contributed by atoms with Crippen molar-refractivity contribution in [3.8, 4) is 0 Å². The van der Waals surface area contributed by atoms with Crippen LogP contribution in [0.4, 0.5) is 5.69 Å². The molecule has 5 N–H and O–H groups in total. The maximum Gasteiger partial charge on any atom is 0.0597 e. The largest absolute Gasteiger partial charge is 0.399 e. The number of nitrogens with two attached hydrogens (primary N) is 2. The minimum absolute atomic E-state index is 0.0584. The van der Waals surface area contributed by atoms with E-state index in [1.165, 1.54) is 5.56 Å². The second-order valence-corrected chi connectivity index (χ2v) is 4.77. The van der Waals surface area contributed by atoms with Crippen molar-refractivity contribution >= 4 is 5.69 Å². The summed E-state index contributed by atoms with van der Waals surface area (Å²) in [5.74, 6) is 0. The molecule has 0 amide bonds. The molecule has 1 fully saturated rings. The SMILES string of the molecule is Nc1ccc(CN2CCCC2C(N)CO)cc1. The highest BCUT2D eigenvalue weighted by atomic mass is 16.3. The Morgan fingerprint density at radius 1 is 1.35 bits per heavy atom. The molecular weight excluding hydrogens is 214 g/mol. The van der Waals surface area contributed by atoms with Crippen molar-refractivity contribution in [1.82, 2.24) is 4.90 Å². The summed E-state index contributed by atoms with van der Waals surface area (Å²) in [4.78, 5) is 2.35. The molecule has 1 aliphatic rings. The van der Waals surface area contributed by atoms with Gasteiger partial charge in [-0.2, -0.15) is 0 Å². The van der Waals surface area contributed by atoms with E-state index in [2.05, 4.69) is 17.0 Å². The summed E-state index contributed by atoms with van der Waals surface area (Å²) in [6.45, 7) is 2.00. The molecule has 0 saturated carbocycles. The van der Waals surface area contributed by atoms with E-state index >= 15 is 0 Å². The van der Waals surface area contributed by atoms with Crippen molar-refractivity contribution in [3.05, 3.63) is 29.8 Å². The van der Waals surface area contributed by atoms with Gasteiger partial charge in [0.2, 0.25) is 0 Å². The molecule has 1 aromatic rings. The lowest BCUT2D eigenvalue weighted by Crippen LogP contribution is -2.45. The van der Waals surface area contributed by atoms with Gasteiger partial charge in [-0.1, -0.05) is 12.1 Å². The molecule has 1 heterocycles. The van der Waals surface area contributed by atoms with Gasteiger partial charge in [0.15, 0.2) is 0 Å². The summed E-state index contributed by atoms with van der Waals surface area (Å²) in [5.41, 5.74) is 13.6. The predicted molar refractivity (Wildman–Crippen MR) is 69.3 cm³/mol. The summed E-state index contributed by atoms with van der Waals surface area (Å²) in [5, 5.41) is 9.15. The second kappa shape index (κ2) is 5.49. The summed E-state index contributed by atoms with van der Waals surface area (Å²) >= 11 is 0. The van der Waals surface area contributed by atoms with Crippen LogP contribution in [0.1, 0.15) is 18.4 Å². The number of hydrogen-bond acceptors (Lipinski definition) is 4. The first-order chi connectivity index (χ1) is 8.20. The Morgan fingerprint density at radius 3 is 2.71 bits per heavy atom. The summed E-state index contributed by atoms with van der Waals surface area (Å²) < 4.78 is 0. The van der Waals surface area contributed by atoms with Gasteiger partial charge in [0, 0.05) is 24.3 Å². The average Bonchev–Trinajstić information content (AvgIpc) is 2.79.